The smallest absolute Gasteiger partial charge is 0.0661 e. The summed E-state index contributed by atoms with van der Waals surface area (Å²) in [4.78, 5) is 8.35. The molecule has 0 unspecified atom stereocenters. The molecule has 20 heavy (non-hydrogen) atoms. The maximum Gasteiger partial charge on any atom is 0.0661 e. The molecule has 2 aliphatic heterocycles. The molecule has 0 aliphatic carbocycles. The van der Waals surface area contributed by atoms with Gasteiger partial charge in [-0.3, -0.25) is 9.98 Å². The van der Waals surface area contributed by atoms with Crippen molar-refractivity contribution in [2.45, 2.75) is 12.8 Å². The summed E-state index contributed by atoms with van der Waals surface area (Å²) in [5, 5.41) is 0. The molecule has 0 spiro atoms. The normalized spacial score (nSPS) is 12.4. The Morgan fingerprint density at radius 3 is 1.40 bits per heavy atom. The van der Waals surface area contributed by atoms with Crippen LogP contribution < -0.4 is 0 Å². The number of rotatable bonds is 0. The summed E-state index contributed by atoms with van der Waals surface area (Å²) in [6.45, 7) is 0. The summed E-state index contributed by atoms with van der Waals surface area (Å²) in [6.07, 6.45) is 5.92. The topological polar surface area (TPSA) is 24.7 Å². The van der Waals surface area contributed by atoms with Crippen LogP contribution in [0.4, 0.5) is 11.4 Å². The van der Waals surface area contributed by atoms with Crippen LogP contribution >= 0.6 is 34.0 Å². The van der Waals surface area contributed by atoms with Crippen molar-refractivity contribution in [2.75, 3.05) is 0 Å². The average Bonchev–Trinajstić information content (AvgIpc) is 3.08. The van der Waals surface area contributed by atoms with Crippen LogP contribution in [0, 0.1) is 0 Å². The summed E-state index contributed by atoms with van der Waals surface area (Å²) in [5.41, 5.74) is 4.96. The number of hydrogen-bond donors (Lipinski definition) is 0. The number of aliphatic imine (C=N–C) groups is 2. The molecule has 0 atom stereocenters. The zero-order chi connectivity index (χ0) is 12.2. The summed E-state index contributed by atoms with van der Waals surface area (Å²) in [6, 6.07) is 16.4. The number of halogens is 2. The summed E-state index contributed by atoms with van der Waals surface area (Å²) < 4.78 is 0. The highest BCUT2D eigenvalue weighted by atomic mass is 79.9. The molecular formula is C16H16Br2N2. The first kappa shape index (κ1) is 16.8. The van der Waals surface area contributed by atoms with E-state index in [1.807, 2.05) is 48.8 Å². The Balaban J connectivity index is 0.000000182. The molecule has 2 aromatic rings. The van der Waals surface area contributed by atoms with E-state index in [1.165, 1.54) is 11.1 Å². The number of fused-ring (bicyclic) bond motifs is 2. The molecule has 0 amide bonds. The Morgan fingerprint density at radius 1 is 0.600 bits per heavy atom. The van der Waals surface area contributed by atoms with Gasteiger partial charge in [-0.2, -0.15) is 0 Å². The summed E-state index contributed by atoms with van der Waals surface area (Å²) >= 11 is 0. The molecule has 0 saturated carbocycles. The maximum atomic E-state index is 4.17. The van der Waals surface area contributed by atoms with Gasteiger partial charge in [0.2, 0.25) is 0 Å². The second kappa shape index (κ2) is 8.12. The second-order valence-corrected chi connectivity index (χ2v) is 4.29. The maximum absolute atomic E-state index is 4.17. The molecule has 0 aromatic heterocycles. The third kappa shape index (κ3) is 3.87. The fraction of sp³-hybridized carbons (Fsp3) is 0.125. The summed E-state index contributed by atoms with van der Waals surface area (Å²) in [5.74, 6) is 0. The Bertz CT molecular complexity index is 566. The monoisotopic (exact) mass is 394 g/mol. The van der Waals surface area contributed by atoms with Crippen molar-refractivity contribution < 1.29 is 0 Å². The van der Waals surface area contributed by atoms with Crippen molar-refractivity contribution in [3.63, 3.8) is 0 Å². The molecule has 0 radical (unpaired) electrons. The van der Waals surface area contributed by atoms with Crippen molar-refractivity contribution in [3.8, 4) is 0 Å². The van der Waals surface area contributed by atoms with E-state index in [9.17, 15) is 0 Å². The lowest BCUT2D eigenvalue weighted by atomic mass is 10.2. The minimum atomic E-state index is 0. The van der Waals surface area contributed by atoms with Crippen molar-refractivity contribution in [3.05, 3.63) is 59.7 Å². The van der Waals surface area contributed by atoms with Crippen molar-refractivity contribution in [1.29, 1.82) is 0 Å². The quantitative estimate of drug-likeness (QED) is 0.596. The fourth-order valence-corrected chi connectivity index (χ4v) is 2.10. The molecule has 2 aliphatic rings. The van der Waals surface area contributed by atoms with Crippen molar-refractivity contribution >= 4 is 57.8 Å². The van der Waals surface area contributed by atoms with Gasteiger partial charge in [0.1, 0.15) is 0 Å². The number of hydrogen-bond acceptors (Lipinski definition) is 2. The van der Waals surface area contributed by atoms with E-state index < -0.39 is 0 Å². The van der Waals surface area contributed by atoms with Gasteiger partial charge < -0.3 is 0 Å². The van der Waals surface area contributed by atoms with Gasteiger partial charge in [-0.05, 0) is 23.3 Å². The van der Waals surface area contributed by atoms with Crippen molar-refractivity contribution in [1.82, 2.24) is 0 Å². The fourth-order valence-electron chi connectivity index (χ4n) is 2.10. The van der Waals surface area contributed by atoms with E-state index in [1.54, 1.807) is 0 Å². The minimum Gasteiger partial charge on any atom is -0.261 e. The van der Waals surface area contributed by atoms with E-state index in [0.717, 1.165) is 24.2 Å². The van der Waals surface area contributed by atoms with E-state index >= 15 is 0 Å². The van der Waals surface area contributed by atoms with Crippen molar-refractivity contribution in [2.24, 2.45) is 9.98 Å². The van der Waals surface area contributed by atoms with Gasteiger partial charge in [0, 0.05) is 25.3 Å². The van der Waals surface area contributed by atoms with E-state index in [2.05, 4.69) is 22.1 Å². The van der Waals surface area contributed by atoms with E-state index in [-0.39, 0.29) is 34.0 Å². The number of benzene rings is 2. The molecule has 104 valence electrons. The van der Waals surface area contributed by atoms with Crippen LogP contribution in [0.15, 0.2) is 58.5 Å². The third-order valence-electron chi connectivity index (χ3n) is 3.07. The highest BCUT2D eigenvalue weighted by Gasteiger charge is 2.02. The number of para-hydroxylation sites is 2. The molecule has 0 saturated heterocycles. The van der Waals surface area contributed by atoms with E-state index in [0.29, 0.717) is 0 Å². The van der Waals surface area contributed by atoms with Gasteiger partial charge >= 0.3 is 0 Å². The molecule has 4 rings (SSSR count). The molecule has 4 heteroatoms. The number of nitrogens with zero attached hydrogens (tertiary/aromatic N) is 2. The Hall–Kier alpha value is -1.26. The Labute approximate surface area is 140 Å². The molecule has 2 nitrogen and oxygen atoms in total. The Morgan fingerprint density at radius 2 is 1.00 bits per heavy atom. The lowest BCUT2D eigenvalue weighted by molar-refractivity contribution is 1.41. The SMILES string of the molecule is Br.Br.C1=Nc2ccccc2C1.C1=Nc2ccccc2C1. The molecular weight excluding hydrogens is 380 g/mol. The van der Waals surface area contributed by atoms with Crippen LogP contribution in [0.25, 0.3) is 0 Å². The zero-order valence-electron chi connectivity index (χ0n) is 10.9. The average molecular weight is 396 g/mol. The molecule has 0 N–H and O–H groups in total. The first-order valence-electron chi connectivity index (χ1n) is 6.14. The van der Waals surface area contributed by atoms with Gasteiger partial charge in [-0.1, -0.05) is 36.4 Å². The van der Waals surface area contributed by atoms with Gasteiger partial charge in [0.05, 0.1) is 11.4 Å². The predicted molar refractivity (Wildman–Crippen MR) is 97.2 cm³/mol. The highest BCUT2D eigenvalue weighted by molar-refractivity contribution is 8.93. The van der Waals surface area contributed by atoms with Gasteiger partial charge in [0.15, 0.2) is 0 Å². The summed E-state index contributed by atoms with van der Waals surface area (Å²) in [7, 11) is 0. The lowest BCUT2D eigenvalue weighted by Crippen LogP contribution is -1.75. The second-order valence-electron chi connectivity index (χ2n) is 4.29. The van der Waals surface area contributed by atoms with Crippen LogP contribution in [0.5, 0.6) is 0 Å². The Kier molecular flexibility index (Phi) is 6.82. The molecule has 2 aromatic carbocycles. The molecule has 0 bridgehead atoms. The van der Waals surface area contributed by atoms with Crippen LogP contribution in [0.1, 0.15) is 11.1 Å². The highest BCUT2D eigenvalue weighted by Crippen LogP contribution is 2.22. The first-order chi connectivity index (χ1) is 8.93. The zero-order valence-corrected chi connectivity index (χ0v) is 14.3. The van der Waals surface area contributed by atoms with Gasteiger partial charge in [0.25, 0.3) is 0 Å². The standard InChI is InChI=1S/2C8H7N.2BrH/c2*1-2-4-8-7(3-1)5-6-9-8;;/h2*1-4,6H,5H2;2*1H. The van der Waals surface area contributed by atoms with Crippen LogP contribution in [0.2, 0.25) is 0 Å². The lowest BCUT2D eigenvalue weighted by Gasteiger charge is -1.91. The third-order valence-corrected chi connectivity index (χ3v) is 3.07. The molecule has 2 heterocycles. The molecule has 0 fully saturated rings. The first-order valence-corrected chi connectivity index (χ1v) is 6.14. The van der Waals surface area contributed by atoms with Crippen LogP contribution in [-0.2, 0) is 12.8 Å². The minimum absolute atomic E-state index is 0. The van der Waals surface area contributed by atoms with E-state index in [4.69, 9.17) is 0 Å². The van der Waals surface area contributed by atoms with Crippen LogP contribution in [0.3, 0.4) is 0 Å². The van der Waals surface area contributed by atoms with Gasteiger partial charge in [-0.25, -0.2) is 0 Å². The predicted octanol–water partition coefficient (Wildman–Crippen LogP) is 5.05. The van der Waals surface area contributed by atoms with Gasteiger partial charge in [-0.15, -0.1) is 34.0 Å². The largest absolute Gasteiger partial charge is 0.261 e. The van der Waals surface area contributed by atoms with Crippen LogP contribution in [-0.4, -0.2) is 12.4 Å².